The molecule has 0 aliphatic heterocycles. The molecular weight excluding hydrogens is 215 g/mol. The molecule has 0 aliphatic carbocycles. The predicted molar refractivity (Wildman–Crippen MR) is 67.0 cm³/mol. The molecule has 2 rings (SSSR count). The summed E-state index contributed by atoms with van der Waals surface area (Å²) in [5.74, 6) is -0.227. The third-order valence-corrected chi connectivity index (χ3v) is 2.62. The minimum atomic E-state index is -0.227. The average Bonchev–Trinajstić information content (AvgIpc) is 2.37. The standard InChI is InChI=1S/C14H15FN2/c15-13-4-1-3-11(9-13)12-6-7-14(17-10-12)5-2-8-16/h1,3-4,6-7,9-10H,2,5,8,16H2. The third-order valence-electron chi connectivity index (χ3n) is 2.62. The average molecular weight is 230 g/mol. The highest BCUT2D eigenvalue weighted by Gasteiger charge is 2.00. The maximum atomic E-state index is 13.1. The first-order valence-corrected chi connectivity index (χ1v) is 5.70. The molecule has 1 heterocycles. The van der Waals surface area contributed by atoms with E-state index in [0.717, 1.165) is 29.7 Å². The molecule has 0 saturated carbocycles. The number of nitrogens with two attached hydrogens (primary N) is 1. The van der Waals surface area contributed by atoms with Gasteiger partial charge in [0.2, 0.25) is 0 Å². The molecule has 0 atom stereocenters. The van der Waals surface area contributed by atoms with Gasteiger partial charge in [-0.25, -0.2) is 4.39 Å². The number of aromatic nitrogens is 1. The monoisotopic (exact) mass is 230 g/mol. The van der Waals surface area contributed by atoms with Crippen LogP contribution < -0.4 is 5.73 Å². The van der Waals surface area contributed by atoms with Crippen molar-refractivity contribution in [3.63, 3.8) is 0 Å². The number of halogens is 1. The summed E-state index contributed by atoms with van der Waals surface area (Å²) < 4.78 is 13.1. The van der Waals surface area contributed by atoms with Gasteiger partial charge in [0.15, 0.2) is 0 Å². The van der Waals surface area contributed by atoms with Crippen LogP contribution >= 0.6 is 0 Å². The van der Waals surface area contributed by atoms with Crippen molar-refractivity contribution in [1.29, 1.82) is 0 Å². The fraction of sp³-hybridized carbons (Fsp3) is 0.214. The van der Waals surface area contributed by atoms with Crippen molar-refractivity contribution < 1.29 is 4.39 Å². The molecule has 3 heteroatoms. The highest BCUT2D eigenvalue weighted by atomic mass is 19.1. The van der Waals surface area contributed by atoms with Crippen molar-refractivity contribution in [2.45, 2.75) is 12.8 Å². The van der Waals surface area contributed by atoms with Crippen LogP contribution in [0.25, 0.3) is 11.1 Å². The Bertz CT molecular complexity index is 480. The van der Waals surface area contributed by atoms with Crippen LogP contribution in [0.2, 0.25) is 0 Å². The fourth-order valence-corrected chi connectivity index (χ4v) is 1.69. The topological polar surface area (TPSA) is 38.9 Å². The second-order valence-corrected chi connectivity index (χ2v) is 3.94. The quantitative estimate of drug-likeness (QED) is 0.877. The summed E-state index contributed by atoms with van der Waals surface area (Å²) >= 11 is 0. The number of pyridine rings is 1. The number of nitrogens with zero attached hydrogens (tertiary/aromatic N) is 1. The van der Waals surface area contributed by atoms with Crippen molar-refractivity contribution in [3.05, 3.63) is 54.1 Å². The maximum absolute atomic E-state index is 13.1. The lowest BCUT2D eigenvalue weighted by molar-refractivity contribution is 0.628. The molecule has 0 amide bonds. The van der Waals surface area contributed by atoms with Gasteiger partial charge in [0.25, 0.3) is 0 Å². The zero-order valence-corrected chi connectivity index (χ0v) is 9.57. The van der Waals surface area contributed by atoms with E-state index >= 15 is 0 Å². The zero-order valence-electron chi connectivity index (χ0n) is 9.57. The van der Waals surface area contributed by atoms with E-state index in [1.54, 1.807) is 12.3 Å². The minimum absolute atomic E-state index is 0.227. The highest BCUT2D eigenvalue weighted by molar-refractivity contribution is 5.62. The largest absolute Gasteiger partial charge is 0.330 e. The summed E-state index contributed by atoms with van der Waals surface area (Å²) in [7, 11) is 0. The molecule has 2 nitrogen and oxygen atoms in total. The van der Waals surface area contributed by atoms with Crippen LogP contribution in [-0.4, -0.2) is 11.5 Å². The lowest BCUT2D eigenvalue weighted by atomic mass is 10.1. The van der Waals surface area contributed by atoms with E-state index in [0.29, 0.717) is 6.54 Å². The van der Waals surface area contributed by atoms with Crippen LogP contribution in [0.5, 0.6) is 0 Å². The summed E-state index contributed by atoms with van der Waals surface area (Å²) in [5.41, 5.74) is 8.25. The van der Waals surface area contributed by atoms with Crippen molar-refractivity contribution in [2.24, 2.45) is 5.73 Å². The van der Waals surface area contributed by atoms with Crippen LogP contribution in [0.3, 0.4) is 0 Å². The maximum Gasteiger partial charge on any atom is 0.123 e. The van der Waals surface area contributed by atoms with Gasteiger partial charge < -0.3 is 5.73 Å². The Morgan fingerprint density at radius 2 is 2.00 bits per heavy atom. The van der Waals surface area contributed by atoms with Crippen LogP contribution in [0.1, 0.15) is 12.1 Å². The van der Waals surface area contributed by atoms with Crippen LogP contribution in [-0.2, 0) is 6.42 Å². The van der Waals surface area contributed by atoms with Crippen LogP contribution in [0, 0.1) is 5.82 Å². The smallest absolute Gasteiger partial charge is 0.123 e. The van der Waals surface area contributed by atoms with Gasteiger partial charge in [-0.05, 0) is 43.1 Å². The van der Waals surface area contributed by atoms with Gasteiger partial charge in [0, 0.05) is 17.5 Å². The van der Waals surface area contributed by atoms with E-state index in [9.17, 15) is 4.39 Å². The van der Waals surface area contributed by atoms with Gasteiger partial charge in [-0.15, -0.1) is 0 Å². The van der Waals surface area contributed by atoms with Crippen LogP contribution in [0.4, 0.5) is 4.39 Å². The summed E-state index contributed by atoms with van der Waals surface area (Å²) in [6.07, 6.45) is 3.60. The van der Waals surface area contributed by atoms with Gasteiger partial charge in [0.1, 0.15) is 5.82 Å². The van der Waals surface area contributed by atoms with E-state index in [-0.39, 0.29) is 5.82 Å². The van der Waals surface area contributed by atoms with Gasteiger partial charge >= 0.3 is 0 Å². The Labute approximate surface area is 100 Å². The molecule has 17 heavy (non-hydrogen) atoms. The first kappa shape index (κ1) is 11.7. The Morgan fingerprint density at radius 1 is 1.12 bits per heavy atom. The molecule has 0 saturated heterocycles. The molecule has 2 N–H and O–H groups in total. The van der Waals surface area contributed by atoms with Gasteiger partial charge in [-0.1, -0.05) is 18.2 Å². The van der Waals surface area contributed by atoms with E-state index in [2.05, 4.69) is 4.98 Å². The Morgan fingerprint density at radius 3 is 2.65 bits per heavy atom. The normalized spacial score (nSPS) is 10.5. The number of benzene rings is 1. The van der Waals surface area contributed by atoms with E-state index < -0.39 is 0 Å². The summed E-state index contributed by atoms with van der Waals surface area (Å²) in [6, 6.07) is 10.5. The molecular formula is C14H15FN2. The summed E-state index contributed by atoms with van der Waals surface area (Å²) in [4.78, 5) is 4.34. The minimum Gasteiger partial charge on any atom is -0.330 e. The highest BCUT2D eigenvalue weighted by Crippen LogP contribution is 2.19. The van der Waals surface area contributed by atoms with E-state index in [1.807, 2.05) is 18.2 Å². The zero-order chi connectivity index (χ0) is 12.1. The first-order valence-electron chi connectivity index (χ1n) is 5.70. The molecule has 0 spiro atoms. The number of hydrogen-bond acceptors (Lipinski definition) is 2. The lowest BCUT2D eigenvalue weighted by Gasteiger charge is -2.03. The molecule has 0 radical (unpaired) electrons. The number of hydrogen-bond donors (Lipinski definition) is 1. The van der Waals surface area contributed by atoms with E-state index in [4.69, 9.17) is 5.73 Å². The van der Waals surface area contributed by atoms with E-state index in [1.165, 1.54) is 12.1 Å². The van der Waals surface area contributed by atoms with Crippen LogP contribution in [0.15, 0.2) is 42.6 Å². The van der Waals surface area contributed by atoms with Gasteiger partial charge in [0.05, 0.1) is 0 Å². The number of rotatable bonds is 4. The second kappa shape index (κ2) is 5.55. The molecule has 0 unspecified atom stereocenters. The fourth-order valence-electron chi connectivity index (χ4n) is 1.69. The Kier molecular flexibility index (Phi) is 3.83. The molecule has 0 fully saturated rings. The van der Waals surface area contributed by atoms with Crippen molar-refractivity contribution in [3.8, 4) is 11.1 Å². The molecule has 0 aliphatic rings. The van der Waals surface area contributed by atoms with Gasteiger partial charge in [-0.2, -0.15) is 0 Å². The van der Waals surface area contributed by atoms with Gasteiger partial charge in [-0.3, -0.25) is 4.98 Å². The molecule has 2 aromatic rings. The Balaban J connectivity index is 2.17. The molecule has 1 aromatic heterocycles. The lowest BCUT2D eigenvalue weighted by Crippen LogP contribution is -2.01. The summed E-state index contributed by atoms with van der Waals surface area (Å²) in [5, 5.41) is 0. The second-order valence-electron chi connectivity index (χ2n) is 3.94. The Hall–Kier alpha value is -1.74. The predicted octanol–water partition coefficient (Wildman–Crippen LogP) is 2.78. The van der Waals surface area contributed by atoms with Crippen molar-refractivity contribution in [2.75, 3.05) is 6.54 Å². The number of aryl methyl sites for hydroxylation is 1. The van der Waals surface area contributed by atoms with Crippen molar-refractivity contribution in [1.82, 2.24) is 4.98 Å². The summed E-state index contributed by atoms with van der Waals surface area (Å²) in [6.45, 7) is 0.674. The molecule has 0 bridgehead atoms. The SMILES string of the molecule is NCCCc1ccc(-c2cccc(F)c2)cn1. The third kappa shape index (κ3) is 3.11. The molecule has 88 valence electrons. The molecule has 1 aromatic carbocycles. The van der Waals surface area contributed by atoms with Crippen molar-refractivity contribution >= 4 is 0 Å². The first-order chi connectivity index (χ1) is 8.29.